The first-order chi connectivity index (χ1) is 8.59. The highest BCUT2D eigenvalue weighted by Gasteiger charge is 2.17. The molecule has 0 aliphatic carbocycles. The number of carbonyl (C=O) groups excluding carboxylic acids is 1. The van der Waals surface area contributed by atoms with Gasteiger partial charge in [-0.1, -0.05) is 19.1 Å². The smallest absolute Gasteiger partial charge is 0.170 e. The fourth-order valence-electron chi connectivity index (χ4n) is 1.80. The summed E-state index contributed by atoms with van der Waals surface area (Å²) in [6.07, 6.45) is 3.30. The van der Waals surface area contributed by atoms with E-state index in [9.17, 15) is 9.18 Å². The van der Waals surface area contributed by atoms with Crippen LogP contribution in [-0.4, -0.2) is 10.8 Å². The number of benzene rings is 1. The van der Waals surface area contributed by atoms with Crippen molar-refractivity contribution in [1.82, 2.24) is 4.98 Å². The Balaban J connectivity index is 2.29. The minimum atomic E-state index is -0.345. The lowest BCUT2D eigenvalue weighted by molar-refractivity contribution is 0.0965. The van der Waals surface area contributed by atoms with E-state index in [1.165, 1.54) is 6.07 Å². The van der Waals surface area contributed by atoms with E-state index in [2.05, 4.69) is 4.98 Å². The van der Waals surface area contributed by atoms with Crippen LogP contribution in [0, 0.1) is 12.7 Å². The van der Waals surface area contributed by atoms with E-state index in [-0.39, 0.29) is 17.5 Å². The van der Waals surface area contributed by atoms with Gasteiger partial charge in [0.1, 0.15) is 5.82 Å². The summed E-state index contributed by atoms with van der Waals surface area (Å²) in [7, 11) is 0. The molecular formula is C15H14FNO. The lowest BCUT2D eigenvalue weighted by Gasteiger charge is -2.11. The molecule has 2 aromatic rings. The number of aromatic nitrogens is 1. The van der Waals surface area contributed by atoms with Gasteiger partial charge in [0.2, 0.25) is 0 Å². The van der Waals surface area contributed by atoms with Gasteiger partial charge in [0, 0.05) is 23.9 Å². The lowest BCUT2D eigenvalue weighted by Crippen LogP contribution is -2.10. The molecule has 18 heavy (non-hydrogen) atoms. The van der Waals surface area contributed by atoms with Crippen molar-refractivity contribution in [3.63, 3.8) is 0 Å². The summed E-state index contributed by atoms with van der Waals surface area (Å²) >= 11 is 0. The second kappa shape index (κ2) is 5.08. The number of Topliss-reactive ketones (excluding diaryl/α,β-unsaturated/α-hetero) is 1. The average Bonchev–Trinajstić information content (AvgIpc) is 2.41. The highest BCUT2D eigenvalue weighted by atomic mass is 19.1. The first kappa shape index (κ1) is 12.4. The van der Waals surface area contributed by atoms with Crippen LogP contribution >= 0.6 is 0 Å². The molecule has 3 heteroatoms. The van der Waals surface area contributed by atoms with Crippen LogP contribution in [0.2, 0.25) is 0 Å². The zero-order chi connectivity index (χ0) is 13.1. The number of nitrogens with zero attached hydrogens (tertiary/aromatic N) is 1. The quantitative estimate of drug-likeness (QED) is 0.772. The number of hydrogen-bond donors (Lipinski definition) is 0. The zero-order valence-corrected chi connectivity index (χ0v) is 10.4. The Kier molecular flexibility index (Phi) is 3.51. The van der Waals surface area contributed by atoms with Crippen molar-refractivity contribution in [2.24, 2.45) is 0 Å². The van der Waals surface area contributed by atoms with Crippen molar-refractivity contribution in [2.75, 3.05) is 0 Å². The summed E-state index contributed by atoms with van der Waals surface area (Å²) in [5.74, 6) is -0.724. The van der Waals surface area contributed by atoms with Gasteiger partial charge >= 0.3 is 0 Å². The van der Waals surface area contributed by atoms with E-state index >= 15 is 0 Å². The van der Waals surface area contributed by atoms with E-state index in [0.29, 0.717) is 11.1 Å². The zero-order valence-electron chi connectivity index (χ0n) is 10.4. The van der Waals surface area contributed by atoms with Gasteiger partial charge in [0.25, 0.3) is 0 Å². The number of halogens is 1. The van der Waals surface area contributed by atoms with Crippen molar-refractivity contribution in [3.05, 3.63) is 65.2 Å². The minimum absolute atomic E-state index is 0.0832. The van der Waals surface area contributed by atoms with Crippen molar-refractivity contribution in [1.29, 1.82) is 0 Å². The highest BCUT2D eigenvalue weighted by molar-refractivity contribution is 6.00. The minimum Gasteiger partial charge on any atom is -0.294 e. The van der Waals surface area contributed by atoms with Crippen LogP contribution in [0.1, 0.15) is 34.3 Å². The van der Waals surface area contributed by atoms with E-state index in [1.807, 2.05) is 6.92 Å². The number of hydrogen-bond acceptors (Lipinski definition) is 2. The van der Waals surface area contributed by atoms with Crippen LogP contribution in [0.5, 0.6) is 0 Å². The molecular weight excluding hydrogens is 229 g/mol. The van der Waals surface area contributed by atoms with Crippen molar-refractivity contribution in [3.8, 4) is 0 Å². The van der Waals surface area contributed by atoms with Gasteiger partial charge in [0.15, 0.2) is 5.78 Å². The Morgan fingerprint density at radius 1 is 1.22 bits per heavy atom. The maximum Gasteiger partial charge on any atom is 0.170 e. The molecule has 0 fully saturated rings. The third kappa shape index (κ3) is 2.45. The van der Waals surface area contributed by atoms with E-state index < -0.39 is 0 Å². The SMILES string of the molecule is Cc1ccc(C(=O)C(C)c2ccncc2)cc1F. The van der Waals surface area contributed by atoms with E-state index in [1.54, 1.807) is 43.6 Å². The Morgan fingerprint density at radius 2 is 1.89 bits per heavy atom. The molecule has 0 saturated heterocycles. The third-order valence-corrected chi connectivity index (χ3v) is 3.06. The Hall–Kier alpha value is -2.03. The van der Waals surface area contributed by atoms with Crippen LogP contribution in [0.4, 0.5) is 4.39 Å². The standard InChI is InChI=1S/C15H14FNO/c1-10-3-4-13(9-14(10)16)15(18)11(2)12-5-7-17-8-6-12/h3-9,11H,1-2H3. The summed E-state index contributed by atoms with van der Waals surface area (Å²) in [6, 6.07) is 8.19. The monoisotopic (exact) mass is 243 g/mol. The summed E-state index contributed by atoms with van der Waals surface area (Å²) in [5.41, 5.74) is 1.83. The lowest BCUT2D eigenvalue weighted by atomic mass is 9.92. The molecule has 2 rings (SSSR count). The van der Waals surface area contributed by atoms with E-state index in [0.717, 1.165) is 5.56 Å². The molecule has 1 atom stereocenters. The van der Waals surface area contributed by atoms with Crippen LogP contribution in [0.3, 0.4) is 0 Å². The Labute approximate surface area is 105 Å². The van der Waals surface area contributed by atoms with Crippen LogP contribution in [0.25, 0.3) is 0 Å². The van der Waals surface area contributed by atoms with Crippen LogP contribution in [-0.2, 0) is 0 Å². The molecule has 0 aliphatic heterocycles. The maximum atomic E-state index is 13.4. The first-order valence-corrected chi connectivity index (χ1v) is 5.80. The van der Waals surface area contributed by atoms with Gasteiger partial charge in [-0.05, 0) is 36.2 Å². The number of pyridine rings is 1. The molecule has 92 valence electrons. The Morgan fingerprint density at radius 3 is 2.50 bits per heavy atom. The third-order valence-electron chi connectivity index (χ3n) is 3.06. The topological polar surface area (TPSA) is 30.0 Å². The van der Waals surface area contributed by atoms with Crippen LogP contribution in [0.15, 0.2) is 42.7 Å². The molecule has 0 N–H and O–H groups in total. The predicted octanol–water partition coefficient (Wildman–Crippen LogP) is 3.52. The number of ketones is 1. The van der Waals surface area contributed by atoms with Gasteiger partial charge < -0.3 is 0 Å². The van der Waals surface area contributed by atoms with E-state index in [4.69, 9.17) is 0 Å². The number of aryl methyl sites for hydroxylation is 1. The molecule has 1 aromatic heterocycles. The predicted molar refractivity (Wildman–Crippen MR) is 68.1 cm³/mol. The summed E-state index contributed by atoms with van der Waals surface area (Å²) in [6.45, 7) is 3.49. The molecule has 0 spiro atoms. The average molecular weight is 243 g/mol. The van der Waals surface area contributed by atoms with Gasteiger partial charge in [-0.2, -0.15) is 0 Å². The molecule has 0 bridgehead atoms. The highest BCUT2D eigenvalue weighted by Crippen LogP contribution is 2.21. The molecule has 0 aliphatic rings. The molecule has 1 unspecified atom stereocenters. The van der Waals surface area contributed by atoms with Crippen molar-refractivity contribution in [2.45, 2.75) is 19.8 Å². The summed E-state index contributed by atoms with van der Waals surface area (Å²) in [5, 5.41) is 0. The van der Waals surface area contributed by atoms with Gasteiger partial charge in [0.05, 0.1) is 0 Å². The molecule has 1 aromatic carbocycles. The summed E-state index contributed by atoms with van der Waals surface area (Å²) < 4.78 is 13.4. The molecule has 1 heterocycles. The number of carbonyl (C=O) groups is 1. The van der Waals surface area contributed by atoms with Crippen molar-refractivity contribution < 1.29 is 9.18 Å². The Bertz CT molecular complexity index is 566. The fraction of sp³-hybridized carbons (Fsp3) is 0.200. The maximum absolute atomic E-state index is 13.4. The largest absolute Gasteiger partial charge is 0.294 e. The molecule has 2 nitrogen and oxygen atoms in total. The second-order valence-electron chi connectivity index (χ2n) is 4.33. The fourth-order valence-corrected chi connectivity index (χ4v) is 1.80. The summed E-state index contributed by atoms with van der Waals surface area (Å²) in [4.78, 5) is 16.1. The van der Waals surface area contributed by atoms with Crippen LogP contribution < -0.4 is 0 Å². The van der Waals surface area contributed by atoms with Gasteiger partial charge in [-0.3, -0.25) is 9.78 Å². The molecule has 0 radical (unpaired) electrons. The molecule has 0 amide bonds. The van der Waals surface area contributed by atoms with Gasteiger partial charge in [-0.15, -0.1) is 0 Å². The normalized spacial score (nSPS) is 12.2. The second-order valence-corrected chi connectivity index (χ2v) is 4.33. The van der Waals surface area contributed by atoms with Gasteiger partial charge in [-0.25, -0.2) is 4.39 Å². The van der Waals surface area contributed by atoms with Crippen molar-refractivity contribution >= 4 is 5.78 Å². The molecule has 0 saturated carbocycles. The first-order valence-electron chi connectivity index (χ1n) is 5.80. The number of rotatable bonds is 3.